The van der Waals surface area contributed by atoms with Gasteiger partial charge in [-0.15, -0.1) is 0 Å². The van der Waals surface area contributed by atoms with Gasteiger partial charge in [0, 0.05) is 25.8 Å². The summed E-state index contributed by atoms with van der Waals surface area (Å²) in [6.07, 6.45) is 8.80. The summed E-state index contributed by atoms with van der Waals surface area (Å²) in [6.45, 7) is 2.07. The van der Waals surface area contributed by atoms with E-state index >= 15 is 0 Å². The lowest BCUT2D eigenvalue weighted by atomic mass is 10.1. The van der Waals surface area contributed by atoms with Gasteiger partial charge in [-0.3, -0.25) is 9.45 Å². The molecule has 112 valence electrons. The monoisotopic (exact) mass is 300 g/mol. The first-order valence-corrected chi connectivity index (χ1v) is 8.44. The fourth-order valence-corrected chi connectivity index (χ4v) is 2.86. The van der Waals surface area contributed by atoms with Gasteiger partial charge in [0.2, 0.25) is 0 Å². The summed E-state index contributed by atoms with van der Waals surface area (Å²) < 4.78 is 30.1. The van der Waals surface area contributed by atoms with Crippen molar-refractivity contribution in [2.45, 2.75) is 25.7 Å². The number of amides is 2. The van der Waals surface area contributed by atoms with Gasteiger partial charge < -0.3 is 4.90 Å². The number of nitrogens with zero attached hydrogens (tertiary/aromatic N) is 2. The van der Waals surface area contributed by atoms with Crippen molar-refractivity contribution in [3.8, 4) is 0 Å². The highest BCUT2D eigenvalue weighted by Crippen LogP contribution is 2.16. The number of allylic oxidation sites excluding steroid dienone is 2. The van der Waals surface area contributed by atoms with Crippen molar-refractivity contribution >= 4 is 16.1 Å². The van der Waals surface area contributed by atoms with Crippen LogP contribution in [0, 0.1) is 0 Å². The average Bonchev–Trinajstić information content (AvgIpc) is 2.45. The summed E-state index contributed by atoms with van der Waals surface area (Å²) in [5, 5.41) is 0. The van der Waals surface area contributed by atoms with Crippen molar-refractivity contribution < 1.29 is 17.8 Å². The zero-order chi connectivity index (χ0) is 14.6. The Kier molecular flexibility index (Phi) is 4.82. The van der Waals surface area contributed by atoms with Crippen LogP contribution in [-0.2, 0) is 10.1 Å². The summed E-state index contributed by atoms with van der Waals surface area (Å²) in [5.74, 6) is -0.288. The van der Waals surface area contributed by atoms with E-state index in [4.69, 9.17) is 4.55 Å². The van der Waals surface area contributed by atoms with Gasteiger partial charge in [0.1, 0.15) is 0 Å². The number of carbonyl (C=O) groups is 1. The third-order valence-electron chi connectivity index (χ3n) is 3.54. The Balaban J connectivity index is 1.85. The largest absolute Gasteiger partial charge is 0.324 e. The number of piperidine rings is 1. The third kappa shape index (κ3) is 4.35. The molecule has 6 nitrogen and oxygen atoms in total. The van der Waals surface area contributed by atoms with Crippen LogP contribution in [0.1, 0.15) is 25.7 Å². The number of rotatable bonds is 3. The molecule has 20 heavy (non-hydrogen) atoms. The third-order valence-corrected chi connectivity index (χ3v) is 4.26. The zero-order valence-corrected chi connectivity index (χ0v) is 12.2. The predicted octanol–water partition coefficient (Wildman–Crippen LogP) is 1.63. The van der Waals surface area contributed by atoms with E-state index in [9.17, 15) is 13.2 Å². The number of hydrogen-bond acceptors (Lipinski definition) is 3. The van der Waals surface area contributed by atoms with Crippen LogP contribution < -0.4 is 0 Å². The molecule has 0 atom stereocenters. The molecule has 0 spiro atoms. The van der Waals surface area contributed by atoms with Gasteiger partial charge in [-0.1, -0.05) is 6.08 Å². The first kappa shape index (κ1) is 15.1. The van der Waals surface area contributed by atoms with E-state index in [1.54, 1.807) is 17.2 Å². The molecule has 2 rings (SSSR count). The smallest absolute Gasteiger partial charge is 0.324 e. The van der Waals surface area contributed by atoms with E-state index in [2.05, 4.69) is 0 Å². The molecule has 1 fully saturated rings. The molecular weight excluding hydrogens is 280 g/mol. The van der Waals surface area contributed by atoms with E-state index in [1.807, 2.05) is 11.0 Å². The molecule has 0 aromatic carbocycles. The van der Waals surface area contributed by atoms with Crippen LogP contribution in [0.3, 0.4) is 0 Å². The normalized spacial score (nSPS) is 19.9. The van der Waals surface area contributed by atoms with Gasteiger partial charge >= 0.3 is 6.03 Å². The molecule has 0 aromatic rings. The van der Waals surface area contributed by atoms with Crippen LogP contribution in [-0.4, -0.2) is 54.2 Å². The summed E-state index contributed by atoms with van der Waals surface area (Å²) >= 11 is 0. The molecule has 1 saturated heterocycles. The predicted molar refractivity (Wildman–Crippen MR) is 75.8 cm³/mol. The summed E-state index contributed by atoms with van der Waals surface area (Å²) in [7, 11) is -3.93. The highest BCUT2D eigenvalue weighted by Gasteiger charge is 2.21. The Morgan fingerprint density at radius 2 is 1.95 bits per heavy atom. The van der Waals surface area contributed by atoms with Gasteiger partial charge in [0.05, 0.1) is 5.75 Å². The van der Waals surface area contributed by atoms with Crippen molar-refractivity contribution in [1.29, 1.82) is 0 Å². The molecule has 2 aliphatic rings. The SMILES string of the molecule is O=C(N1C=CC(CCS(=O)(=O)O)=CC1)N1CCCCC1. The lowest BCUT2D eigenvalue weighted by Crippen LogP contribution is -2.43. The second-order valence-electron chi connectivity index (χ2n) is 5.11. The lowest BCUT2D eigenvalue weighted by Gasteiger charge is -2.32. The average molecular weight is 300 g/mol. The summed E-state index contributed by atoms with van der Waals surface area (Å²) in [6, 6.07) is 0.00558. The molecule has 2 amide bonds. The van der Waals surface area contributed by atoms with Gasteiger partial charge in [-0.2, -0.15) is 8.42 Å². The minimum absolute atomic E-state index is 0.00558. The fourth-order valence-electron chi connectivity index (χ4n) is 2.37. The molecule has 2 aliphatic heterocycles. The maximum atomic E-state index is 12.2. The minimum atomic E-state index is -3.93. The maximum Gasteiger partial charge on any atom is 0.324 e. The van der Waals surface area contributed by atoms with E-state index in [0.29, 0.717) is 6.54 Å². The van der Waals surface area contributed by atoms with Gasteiger partial charge in [-0.05, 0) is 37.3 Å². The second-order valence-corrected chi connectivity index (χ2v) is 6.69. The van der Waals surface area contributed by atoms with Gasteiger partial charge in [0.15, 0.2) is 0 Å². The topological polar surface area (TPSA) is 77.9 Å². The number of likely N-dealkylation sites (tertiary alicyclic amines) is 1. The van der Waals surface area contributed by atoms with Crippen LogP contribution in [0.5, 0.6) is 0 Å². The molecule has 0 aromatic heterocycles. The molecule has 2 heterocycles. The zero-order valence-electron chi connectivity index (χ0n) is 11.4. The molecular formula is C13H20N2O4S. The molecule has 0 aliphatic carbocycles. The lowest BCUT2D eigenvalue weighted by molar-refractivity contribution is 0.161. The molecule has 1 N–H and O–H groups in total. The van der Waals surface area contributed by atoms with Crippen LogP contribution in [0.25, 0.3) is 0 Å². The van der Waals surface area contributed by atoms with Crippen LogP contribution in [0.2, 0.25) is 0 Å². The van der Waals surface area contributed by atoms with Crippen LogP contribution in [0.4, 0.5) is 4.79 Å². The van der Waals surface area contributed by atoms with Crippen molar-refractivity contribution in [3.05, 3.63) is 23.9 Å². The summed E-state index contributed by atoms with van der Waals surface area (Å²) in [5.41, 5.74) is 0.824. The molecule has 0 bridgehead atoms. The van der Waals surface area contributed by atoms with Crippen molar-refractivity contribution in [2.24, 2.45) is 0 Å². The molecule has 0 saturated carbocycles. The Morgan fingerprint density at radius 1 is 1.25 bits per heavy atom. The summed E-state index contributed by atoms with van der Waals surface area (Å²) in [4.78, 5) is 15.7. The Morgan fingerprint density at radius 3 is 2.50 bits per heavy atom. The maximum absolute atomic E-state index is 12.2. The van der Waals surface area contributed by atoms with Gasteiger partial charge in [-0.25, -0.2) is 4.79 Å². The standard InChI is InChI=1S/C13H20N2O4S/c16-13(14-7-2-1-3-8-14)15-9-4-12(5-10-15)6-11-20(17,18)19/h4-5,9H,1-3,6-8,10-11H2,(H,17,18,19). The number of urea groups is 1. The van der Waals surface area contributed by atoms with Crippen LogP contribution in [0.15, 0.2) is 23.9 Å². The molecule has 7 heteroatoms. The fraction of sp³-hybridized carbons (Fsp3) is 0.615. The molecule has 0 unspecified atom stereocenters. The Labute approximate surface area is 119 Å². The minimum Gasteiger partial charge on any atom is -0.324 e. The number of hydrogen-bond donors (Lipinski definition) is 1. The highest BCUT2D eigenvalue weighted by atomic mass is 32.2. The Hall–Kier alpha value is -1.34. The highest BCUT2D eigenvalue weighted by molar-refractivity contribution is 7.85. The van der Waals surface area contributed by atoms with E-state index in [-0.39, 0.29) is 18.2 Å². The van der Waals surface area contributed by atoms with Crippen molar-refractivity contribution in [3.63, 3.8) is 0 Å². The first-order chi connectivity index (χ1) is 9.46. The van der Waals surface area contributed by atoms with E-state index < -0.39 is 10.1 Å². The van der Waals surface area contributed by atoms with Gasteiger partial charge in [0.25, 0.3) is 10.1 Å². The number of carbonyl (C=O) groups excluding carboxylic acids is 1. The van der Waals surface area contributed by atoms with Crippen molar-refractivity contribution in [1.82, 2.24) is 9.80 Å². The van der Waals surface area contributed by atoms with Crippen molar-refractivity contribution in [2.75, 3.05) is 25.4 Å². The van der Waals surface area contributed by atoms with E-state index in [1.165, 1.54) is 6.42 Å². The van der Waals surface area contributed by atoms with E-state index in [0.717, 1.165) is 31.5 Å². The second kappa shape index (κ2) is 6.41. The quantitative estimate of drug-likeness (QED) is 0.804. The first-order valence-electron chi connectivity index (χ1n) is 6.84. The molecule has 0 radical (unpaired) electrons. The van der Waals surface area contributed by atoms with Crippen LogP contribution >= 0.6 is 0 Å². The Bertz CT molecular complexity index is 518.